The molecule has 1 aliphatic rings. The predicted octanol–water partition coefficient (Wildman–Crippen LogP) is 3.56. The van der Waals surface area contributed by atoms with Crippen molar-refractivity contribution in [2.75, 3.05) is 25.0 Å². The number of hydrogen-bond donors (Lipinski definition) is 2. The quantitative estimate of drug-likeness (QED) is 0.711. The van der Waals surface area contributed by atoms with E-state index in [1.165, 1.54) is 12.1 Å². The van der Waals surface area contributed by atoms with Crippen LogP contribution in [0.25, 0.3) is 0 Å². The van der Waals surface area contributed by atoms with Gasteiger partial charge in [0.15, 0.2) is 0 Å². The van der Waals surface area contributed by atoms with Crippen molar-refractivity contribution in [3.63, 3.8) is 0 Å². The van der Waals surface area contributed by atoms with Gasteiger partial charge in [-0.15, -0.1) is 0 Å². The molecule has 2 aromatic rings. The first-order valence-corrected chi connectivity index (χ1v) is 10.9. The average molecular weight is 426 g/mol. The smallest absolute Gasteiger partial charge is 0.239 e. The molecule has 0 atom stereocenters. The van der Waals surface area contributed by atoms with Crippen molar-refractivity contribution in [3.05, 3.63) is 52.5 Å². The van der Waals surface area contributed by atoms with Gasteiger partial charge in [0.1, 0.15) is 17.7 Å². The number of hydrogen-bond acceptors (Lipinski definition) is 4. The van der Waals surface area contributed by atoms with Crippen molar-refractivity contribution < 1.29 is 9.18 Å². The third kappa shape index (κ3) is 5.72. The highest BCUT2D eigenvalue weighted by molar-refractivity contribution is 5.93. The number of carbonyl (C=O) groups excluding carboxylic acids is 1. The first kappa shape index (κ1) is 23.0. The summed E-state index contributed by atoms with van der Waals surface area (Å²) in [6.07, 6.45) is 2.04. The lowest BCUT2D eigenvalue weighted by Crippen LogP contribution is -2.46. The number of nitriles is 1. The molecule has 7 heteroatoms. The number of carbonyl (C=O) groups is 1. The topological polar surface area (TPSA) is 73.1 Å². The molecule has 0 spiro atoms. The van der Waals surface area contributed by atoms with Gasteiger partial charge in [0, 0.05) is 37.4 Å². The van der Waals surface area contributed by atoms with Crippen LogP contribution >= 0.6 is 0 Å². The van der Waals surface area contributed by atoms with Gasteiger partial charge in [0.25, 0.3) is 0 Å². The Morgan fingerprint density at radius 1 is 1.23 bits per heavy atom. The summed E-state index contributed by atoms with van der Waals surface area (Å²) < 4.78 is 15.2. The Morgan fingerprint density at radius 3 is 2.45 bits per heavy atom. The van der Waals surface area contributed by atoms with Crippen molar-refractivity contribution in [2.24, 2.45) is 0 Å². The van der Waals surface area contributed by atoms with E-state index in [-0.39, 0.29) is 11.7 Å². The Bertz CT molecular complexity index is 950. The van der Waals surface area contributed by atoms with Crippen molar-refractivity contribution in [3.8, 4) is 6.07 Å². The molecule has 0 bridgehead atoms. The molecule has 1 fully saturated rings. The number of anilines is 1. The van der Waals surface area contributed by atoms with Gasteiger partial charge in [-0.2, -0.15) is 5.26 Å². The van der Waals surface area contributed by atoms with E-state index in [0.717, 1.165) is 42.8 Å². The molecule has 6 nitrogen and oxygen atoms in total. The number of piperidine rings is 1. The summed E-state index contributed by atoms with van der Waals surface area (Å²) in [5, 5.41) is 16.2. The van der Waals surface area contributed by atoms with Crippen LogP contribution in [0.2, 0.25) is 0 Å². The molecule has 1 aromatic heterocycles. The number of nitrogens with zero attached hydrogens (tertiary/aromatic N) is 3. The zero-order valence-electron chi connectivity index (χ0n) is 18.8. The number of nitrogens with one attached hydrogen (secondary N) is 2. The van der Waals surface area contributed by atoms with E-state index < -0.39 is 0 Å². The summed E-state index contributed by atoms with van der Waals surface area (Å²) in [7, 11) is 0. The van der Waals surface area contributed by atoms with Crippen LogP contribution in [0, 0.1) is 31.0 Å². The van der Waals surface area contributed by atoms with E-state index in [9.17, 15) is 14.4 Å². The maximum atomic E-state index is 13.3. The molecular weight excluding hydrogens is 393 g/mol. The molecule has 166 valence electrons. The van der Waals surface area contributed by atoms with Crippen molar-refractivity contribution in [2.45, 2.75) is 59.2 Å². The Balaban J connectivity index is 1.70. The van der Waals surface area contributed by atoms with Gasteiger partial charge >= 0.3 is 0 Å². The third-order valence-electron chi connectivity index (χ3n) is 5.98. The molecule has 2 heterocycles. The maximum absolute atomic E-state index is 13.3. The lowest BCUT2D eigenvalue weighted by atomic mass is 10.0. The Labute approximate surface area is 184 Å². The molecule has 3 rings (SSSR count). The normalized spacial score (nSPS) is 15.3. The minimum absolute atomic E-state index is 0.121. The molecule has 0 aliphatic carbocycles. The van der Waals surface area contributed by atoms with E-state index in [4.69, 9.17) is 0 Å². The summed E-state index contributed by atoms with van der Waals surface area (Å²) in [5.74, 6) is 0.107. The first-order chi connectivity index (χ1) is 14.8. The number of rotatable bonds is 7. The van der Waals surface area contributed by atoms with Crippen LogP contribution in [0.1, 0.15) is 49.1 Å². The van der Waals surface area contributed by atoms with Crippen LogP contribution in [0.5, 0.6) is 0 Å². The van der Waals surface area contributed by atoms with Gasteiger partial charge in [-0.25, -0.2) is 4.39 Å². The van der Waals surface area contributed by atoms with Gasteiger partial charge in [0.05, 0.1) is 12.1 Å². The summed E-state index contributed by atoms with van der Waals surface area (Å²) in [4.78, 5) is 15.0. The molecule has 1 aliphatic heterocycles. The minimum Gasteiger partial charge on any atom is -0.326 e. The van der Waals surface area contributed by atoms with E-state index in [1.54, 1.807) is 12.1 Å². The fourth-order valence-electron chi connectivity index (χ4n) is 4.20. The number of aromatic nitrogens is 1. The highest BCUT2D eigenvalue weighted by Crippen LogP contribution is 2.27. The third-order valence-corrected chi connectivity index (χ3v) is 5.98. The zero-order valence-corrected chi connectivity index (χ0v) is 18.8. The van der Waals surface area contributed by atoms with Gasteiger partial charge < -0.3 is 15.2 Å². The Hall–Kier alpha value is -2.69. The summed E-state index contributed by atoms with van der Waals surface area (Å²) >= 11 is 0. The number of likely N-dealkylation sites (tertiary alicyclic amines) is 1. The van der Waals surface area contributed by atoms with Gasteiger partial charge in [-0.1, -0.05) is 26.0 Å². The second-order valence-corrected chi connectivity index (χ2v) is 8.68. The Kier molecular flexibility index (Phi) is 7.47. The second kappa shape index (κ2) is 10.1. The van der Waals surface area contributed by atoms with Crippen molar-refractivity contribution in [1.82, 2.24) is 14.8 Å². The van der Waals surface area contributed by atoms with Crippen LogP contribution in [-0.2, 0) is 11.3 Å². The minimum atomic E-state index is -0.289. The monoisotopic (exact) mass is 425 g/mol. The van der Waals surface area contributed by atoms with Crippen LogP contribution in [0.4, 0.5) is 10.2 Å². The lowest BCUT2D eigenvalue weighted by Gasteiger charge is -2.33. The highest BCUT2D eigenvalue weighted by atomic mass is 19.1. The van der Waals surface area contributed by atoms with Crippen LogP contribution in [0.3, 0.4) is 0 Å². The first-order valence-electron chi connectivity index (χ1n) is 10.9. The van der Waals surface area contributed by atoms with Gasteiger partial charge in [-0.3, -0.25) is 9.69 Å². The van der Waals surface area contributed by atoms with E-state index in [0.29, 0.717) is 36.6 Å². The summed E-state index contributed by atoms with van der Waals surface area (Å²) in [6.45, 7) is 10.6. The molecule has 2 N–H and O–H groups in total. The largest absolute Gasteiger partial charge is 0.326 e. The van der Waals surface area contributed by atoms with Crippen LogP contribution < -0.4 is 10.6 Å². The van der Waals surface area contributed by atoms with Crippen molar-refractivity contribution >= 4 is 11.7 Å². The van der Waals surface area contributed by atoms with E-state index in [1.807, 2.05) is 18.4 Å². The van der Waals surface area contributed by atoms with E-state index in [2.05, 4.69) is 35.5 Å². The highest BCUT2D eigenvalue weighted by Gasteiger charge is 2.23. The fourth-order valence-corrected chi connectivity index (χ4v) is 4.20. The predicted molar refractivity (Wildman–Crippen MR) is 120 cm³/mol. The molecule has 0 unspecified atom stereocenters. The molecule has 0 saturated carbocycles. The summed E-state index contributed by atoms with van der Waals surface area (Å²) in [5.41, 5.74) is 3.14. The molecule has 1 amide bonds. The molecule has 0 radical (unpaired) electrons. The average Bonchev–Trinajstić information content (AvgIpc) is 2.94. The van der Waals surface area contributed by atoms with Crippen molar-refractivity contribution in [1.29, 1.82) is 5.26 Å². The molecule has 1 aromatic carbocycles. The molecular formula is C24H32FN5O. The maximum Gasteiger partial charge on any atom is 0.239 e. The second-order valence-electron chi connectivity index (χ2n) is 8.68. The molecule has 31 heavy (non-hydrogen) atoms. The number of benzene rings is 1. The summed E-state index contributed by atoms with van der Waals surface area (Å²) in [6, 6.07) is 9.48. The fraction of sp³-hybridized carbons (Fsp3) is 0.500. The van der Waals surface area contributed by atoms with Crippen LogP contribution in [0.15, 0.2) is 24.3 Å². The molecule has 1 saturated heterocycles. The van der Waals surface area contributed by atoms with E-state index >= 15 is 0 Å². The van der Waals surface area contributed by atoms with Gasteiger partial charge in [-0.05, 0) is 49.9 Å². The number of amides is 1. The Morgan fingerprint density at radius 2 is 1.87 bits per heavy atom. The SMILES string of the molecule is Cc1c(C#N)c(NC(=O)CN2CCC(NC(C)C)CC2)n(Cc2ccc(F)cc2)c1C. The number of halogens is 1. The van der Waals surface area contributed by atoms with Crippen LogP contribution in [-0.4, -0.2) is 47.1 Å². The lowest BCUT2D eigenvalue weighted by molar-refractivity contribution is -0.117. The van der Waals surface area contributed by atoms with Gasteiger partial charge in [0.2, 0.25) is 5.91 Å². The zero-order chi connectivity index (χ0) is 22.5. The standard InChI is InChI=1S/C24H32FN5O/c1-16(2)27-21-9-11-29(12-10-21)15-23(31)28-24-22(13-26)17(3)18(4)30(24)14-19-5-7-20(25)8-6-19/h5-8,16,21,27H,9-12,14-15H2,1-4H3,(H,28,31).